The number of piperidine rings is 1. The van der Waals surface area contributed by atoms with Gasteiger partial charge in [-0.25, -0.2) is 0 Å². The third-order valence-corrected chi connectivity index (χ3v) is 5.77. The molecule has 1 aromatic rings. The fourth-order valence-electron chi connectivity index (χ4n) is 4.48. The molecule has 2 saturated heterocycles. The average Bonchev–Trinajstić information content (AvgIpc) is 3.09. The molecule has 3 rings (SSSR count). The van der Waals surface area contributed by atoms with Gasteiger partial charge in [0.15, 0.2) is 0 Å². The minimum atomic E-state index is -0.251. The maximum absolute atomic E-state index is 12.6. The van der Waals surface area contributed by atoms with E-state index in [1.165, 1.54) is 16.7 Å². The molecule has 5 nitrogen and oxygen atoms in total. The highest BCUT2D eigenvalue weighted by Gasteiger charge is 2.39. The van der Waals surface area contributed by atoms with Crippen molar-refractivity contribution in [2.75, 3.05) is 19.7 Å². The summed E-state index contributed by atoms with van der Waals surface area (Å²) in [6.07, 6.45) is 3.80. The number of benzene rings is 1. The number of aryl methyl sites for hydroxylation is 3. The highest BCUT2D eigenvalue weighted by Crippen LogP contribution is 2.33. The molecule has 2 N–H and O–H groups in total. The van der Waals surface area contributed by atoms with Gasteiger partial charge in [-0.1, -0.05) is 29.3 Å². The van der Waals surface area contributed by atoms with Crippen molar-refractivity contribution in [3.8, 4) is 0 Å². The van der Waals surface area contributed by atoms with E-state index >= 15 is 0 Å². The van der Waals surface area contributed by atoms with E-state index in [9.17, 15) is 9.59 Å². The van der Waals surface area contributed by atoms with Crippen molar-refractivity contribution < 1.29 is 14.3 Å². The second-order valence-electron chi connectivity index (χ2n) is 7.85. The van der Waals surface area contributed by atoms with Crippen LogP contribution in [-0.4, -0.2) is 42.5 Å². The molecule has 0 bridgehead atoms. The van der Waals surface area contributed by atoms with E-state index in [1.807, 2.05) is 4.90 Å². The quantitative estimate of drug-likeness (QED) is 0.878. The molecule has 0 saturated carbocycles. The summed E-state index contributed by atoms with van der Waals surface area (Å²) < 4.78 is 5.79. The number of hydrogen-bond acceptors (Lipinski definition) is 3. The first kappa shape index (κ1) is 18.9. The van der Waals surface area contributed by atoms with Crippen LogP contribution in [0.1, 0.15) is 42.4 Å². The molecule has 0 aromatic heterocycles. The number of amides is 2. The molecule has 2 aliphatic heterocycles. The molecule has 2 amide bonds. The van der Waals surface area contributed by atoms with E-state index in [0.29, 0.717) is 18.9 Å². The first-order chi connectivity index (χ1) is 12.4. The predicted octanol–water partition coefficient (Wildman–Crippen LogP) is 2.37. The zero-order chi connectivity index (χ0) is 18.7. The molecule has 0 aliphatic carbocycles. The molecule has 142 valence electrons. The summed E-state index contributed by atoms with van der Waals surface area (Å²) >= 11 is 0. The lowest BCUT2D eigenvalue weighted by Gasteiger charge is -2.35. The normalized spacial score (nSPS) is 24.0. The molecule has 26 heavy (non-hydrogen) atoms. The zero-order valence-electron chi connectivity index (χ0n) is 15.9. The molecular formula is C21H30N2O3. The highest BCUT2D eigenvalue weighted by atomic mass is 16.5. The van der Waals surface area contributed by atoms with E-state index in [0.717, 1.165) is 38.8 Å². The second kappa shape index (κ2) is 8.21. The van der Waals surface area contributed by atoms with Crippen LogP contribution in [0.25, 0.3) is 0 Å². The monoisotopic (exact) mass is 358 g/mol. The summed E-state index contributed by atoms with van der Waals surface area (Å²) in [4.78, 5) is 26.1. The topological polar surface area (TPSA) is 72.6 Å². The van der Waals surface area contributed by atoms with Crippen LogP contribution < -0.4 is 5.73 Å². The van der Waals surface area contributed by atoms with Crippen molar-refractivity contribution in [3.05, 3.63) is 34.9 Å². The van der Waals surface area contributed by atoms with E-state index in [2.05, 4.69) is 32.0 Å². The summed E-state index contributed by atoms with van der Waals surface area (Å²) in [7, 11) is 0. The standard InChI is InChI=1S/C21H30N2O3/c1-14-11-15(2)13-16(12-14)3-4-19(24)23-8-5-17(6-9-23)20-18(21(22)25)7-10-26-20/h11-13,17-18,20H,3-10H2,1-2H3,(H2,22,25)/t18-,20+/m0/s1. The lowest BCUT2D eigenvalue weighted by Crippen LogP contribution is -2.44. The van der Waals surface area contributed by atoms with Crippen LogP contribution in [0.3, 0.4) is 0 Å². The van der Waals surface area contributed by atoms with Gasteiger partial charge >= 0.3 is 0 Å². The van der Waals surface area contributed by atoms with Crippen LogP contribution in [0.5, 0.6) is 0 Å². The molecule has 0 spiro atoms. The van der Waals surface area contributed by atoms with Crippen LogP contribution in [0.4, 0.5) is 0 Å². The Morgan fingerprint density at radius 1 is 1.12 bits per heavy atom. The molecule has 2 heterocycles. The fourth-order valence-corrected chi connectivity index (χ4v) is 4.48. The van der Waals surface area contributed by atoms with E-state index < -0.39 is 0 Å². The van der Waals surface area contributed by atoms with Crippen molar-refractivity contribution in [1.82, 2.24) is 4.90 Å². The summed E-state index contributed by atoms with van der Waals surface area (Å²) in [6.45, 7) is 6.30. The van der Waals surface area contributed by atoms with Gasteiger partial charge in [0.2, 0.25) is 11.8 Å². The zero-order valence-corrected chi connectivity index (χ0v) is 15.9. The minimum absolute atomic E-state index is 0.0555. The summed E-state index contributed by atoms with van der Waals surface area (Å²) in [5.41, 5.74) is 9.22. The summed E-state index contributed by atoms with van der Waals surface area (Å²) in [5.74, 6) is 0.145. The molecule has 0 radical (unpaired) electrons. The Bertz CT molecular complexity index is 645. The van der Waals surface area contributed by atoms with Crippen LogP contribution >= 0.6 is 0 Å². The van der Waals surface area contributed by atoms with Crippen LogP contribution in [0.2, 0.25) is 0 Å². The van der Waals surface area contributed by atoms with Crippen molar-refractivity contribution in [3.63, 3.8) is 0 Å². The van der Waals surface area contributed by atoms with Gasteiger partial charge in [0.1, 0.15) is 0 Å². The average molecular weight is 358 g/mol. The first-order valence-electron chi connectivity index (χ1n) is 9.70. The van der Waals surface area contributed by atoms with Gasteiger partial charge in [-0.05, 0) is 51.0 Å². The van der Waals surface area contributed by atoms with Crippen LogP contribution in [0.15, 0.2) is 18.2 Å². The second-order valence-corrected chi connectivity index (χ2v) is 7.85. The van der Waals surface area contributed by atoms with E-state index in [1.54, 1.807) is 0 Å². The molecular weight excluding hydrogens is 328 g/mol. The number of nitrogens with zero attached hydrogens (tertiary/aromatic N) is 1. The lowest BCUT2D eigenvalue weighted by atomic mass is 9.84. The molecule has 5 heteroatoms. The number of ether oxygens (including phenoxy) is 1. The molecule has 1 aromatic carbocycles. The van der Waals surface area contributed by atoms with Crippen LogP contribution in [-0.2, 0) is 20.7 Å². The Labute approximate surface area is 155 Å². The number of likely N-dealkylation sites (tertiary alicyclic amines) is 1. The Morgan fingerprint density at radius 3 is 2.38 bits per heavy atom. The Kier molecular flexibility index (Phi) is 5.97. The molecule has 2 aliphatic rings. The number of carbonyl (C=O) groups excluding carboxylic acids is 2. The van der Waals surface area contributed by atoms with Crippen molar-refractivity contribution in [1.29, 1.82) is 0 Å². The summed E-state index contributed by atoms with van der Waals surface area (Å²) in [5, 5.41) is 0. The Morgan fingerprint density at radius 2 is 1.77 bits per heavy atom. The van der Waals surface area contributed by atoms with Gasteiger partial charge in [0.05, 0.1) is 12.0 Å². The highest BCUT2D eigenvalue weighted by molar-refractivity contribution is 5.78. The third-order valence-electron chi connectivity index (χ3n) is 5.77. The van der Waals surface area contributed by atoms with Gasteiger partial charge in [0.25, 0.3) is 0 Å². The van der Waals surface area contributed by atoms with Crippen molar-refractivity contribution >= 4 is 11.8 Å². The largest absolute Gasteiger partial charge is 0.377 e. The van der Waals surface area contributed by atoms with Gasteiger partial charge in [-0.2, -0.15) is 0 Å². The fraction of sp³-hybridized carbons (Fsp3) is 0.619. The maximum atomic E-state index is 12.6. The number of nitrogens with two attached hydrogens (primary N) is 1. The molecule has 2 atom stereocenters. The minimum Gasteiger partial charge on any atom is -0.377 e. The molecule has 0 unspecified atom stereocenters. The SMILES string of the molecule is Cc1cc(C)cc(CCC(=O)N2CCC([C@H]3OCC[C@@H]3C(N)=O)CC2)c1. The third kappa shape index (κ3) is 4.44. The first-order valence-corrected chi connectivity index (χ1v) is 9.70. The lowest BCUT2D eigenvalue weighted by molar-refractivity contribution is -0.134. The number of hydrogen-bond donors (Lipinski definition) is 1. The van der Waals surface area contributed by atoms with Crippen molar-refractivity contribution in [2.45, 2.75) is 52.1 Å². The maximum Gasteiger partial charge on any atom is 0.223 e. The Hall–Kier alpha value is -1.88. The Balaban J connectivity index is 1.48. The van der Waals surface area contributed by atoms with Gasteiger partial charge in [0, 0.05) is 26.1 Å². The van der Waals surface area contributed by atoms with Gasteiger partial charge in [-0.3, -0.25) is 9.59 Å². The van der Waals surface area contributed by atoms with Gasteiger partial charge in [-0.15, -0.1) is 0 Å². The summed E-state index contributed by atoms with van der Waals surface area (Å²) in [6, 6.07) is 6.47. The predicted molar refractivity (Wildman–Crippen MR) is 101 cm³/mol. The van der Waals surface area contributed by atoms with E-state index in [-0.39, 0.29) is 23.8 Å². The number of rotatable bonds is 5. The van der Waals surface area contributed by atoms with Gasteiger partial charge < -0.3 is 15.4 Å². The van der Waals surface area contributed by atoms with E-state index in [4.69, 9.17) is 10.5 Å². The number of carbonyl (C=O) groups is 2. The number of primary amides is 1. The van der Waals surface area contributed by atoms with Crippen molar-refractivity contribution in [2.24, 2.45) is 17.6 Å². The van der Waals surface area contributed by atoms with Crippen LogP contribution in [0, 0.1) is 25.7 Å². The molecule has 2 fully saturated rings. The smallest absolute Gasteiger partial charge is 0.223 e.